The summed E-state index contributed by atoms with van der Waals surface area (Å²) in [5, 5.41) is 10.4. The minimum Gasteiger partial charge on any atom is -0.469 e. The van der Waals surface area contributed by atoms with Crippen LogP contribution in [0.2, 0.25) is 0 Å². The van der Waals surface area contributed by atoms with Crippen LogP contribution in [-0.2, 0) is 25.1 Å². The van der Waals surface area contributed by atoms with Crippen molar-refractivity contribution >= 4 is 22.6 Å². The van der Waals surface area contributed by atoms with Crippen molar-refractivity contribution in [3.8, 4) is 0 Å². The van der Waals surface area contributed by atoms with Crippen molar-refractivity contribution in [2.75, 3.05) is 12.9 Å². The number of esters is 1. The highest BCUT2D eigenvalue weighted by atomic mass is 32.2. The first kappa shape index (κ1) is 28.4. The van der Waals surface area contributed by atoms with Crippen molar-refractivity contribution < 1.29 is 23.6 Å². The zero-order valence-electron chi connectivity index (χ0n) is 20.9. The van der Waals surface area contributed by atoms with Gasteiger partial charge in [-0.3, -0.25) is 13.8 Å². The van der Waals surface area contributed by atoms with E-state index >= 15 is 0 Å². The standard InChI is InChI=1S/C28H42O5S/c1-22-16-18-23(19-17-22)34(32)20-12-8-4-3-5-9-13-24-25(27(30)21-26(24)29)14-10-6-7-11-15-28(31)33-2/h5,9,16-19,24-26,29H,3-4,6-8,10-15,20-21H2,1-2H3/b9-5+/t24-,25-,26-,34?/m1/s1. The number of aryl methyl sites for hydroxylation is 1. The molecule has 6 heteroatoms. The second-order valence-corrected chi connectivity index (χ2v) is 11.0. The molecular weight excluding hydrogens is 448 g/mol. The predicted octanol–water partition coefficient (Wildman–Crippen LogP) is 5.69. The van der Waals surface area contributed by atoms with E-state index in [9.17, 15) is 18.9 Å². The molecular formula is C28H42O5S. The maximum atomic E-state index is 12.4. The summed E-state index contributed by atoms with van der Waals surface area (Å²) in [7, 11) is 0.488. The van der Waals surface area contributed by atoms with E-state index in [-0.39, 0.29) is 30.0 Å². The third-order valence-corrected chi connectivity index (χ3v) is 8.23. The molecule has 0 heterocycles. The quantitative estimate of drug-likeness (QED) is 0.183. The highest BCUT2D eigenvalue weighted by Crippen LogP contribution is 2.35. The summed E-state index contributed by atoms with van der Waals surface area (Å²) in [6.45, 7) is 2.03. The molecule has 1 unspecified atom stereocenters. The number of rotatable bonds is 16. The van der Waals surface area contributed by atoms with Crippen LogP contribution in [0.25, 0.3) is 0 Å². The Labute approximate surface area is 207 Å². The average Bonchev–Trinajstić information content (AvgIpc) is 3.09. The van der Waals surface area contributed by atoms with Crippen molar-refractivity contribution in [3.63, 3.8) is 0 Å². The van der Waals surface area contributed by atoms with Crippen molar-refractivity contribution in [3.05, 3.63) is 42.0 Å². The fraction of sp³-hybridized carbons (Fsp3) is 0.643. The Hall–Kier alpha value is -1.79. The van der Waals surface area contributed by atoms with Gasteiger partial charge in [0.25, 0.3) is 0 Å². The van der Waals surface area contributed by atoms with E-state index < -0.39 is 16.9 Å². The van der Waals surface area contributed by atoms with Crippen LogP contribution in [-0.4, -0.2) is 40.0 Å². The largest absolute Gasteiger partial charge is 0.469 e. The van der Waals surface area contributed by atoms with Gasteiger partial charge in [0.2, 0.25) is 0 Å². The zero-order valence-corrected chi connectivity index (χ0v) is 21.7. The minimum absolute atomic E-state index is 0.0238. The van der Waals surface area contributed by atoms with Gasteiger partial charge in [-0.2, -0.15) is 0 Å². The fourth-order valence-corrected chi connectivity index (χ4v) is 5.79. The normalized spacial score (nSPS) is 21.3. The summed E-state index contributed by atoms with van der Waals surface area (Å²) in [6, 6.07) is 7.92. The molecule has 1 saturated carbocycles. The van der Waals surface area contributed by atoms with Crippen molar-refractivity contribution in [1.82, 2.24) is 0 Å². The fourth-order valence-electron chi connectivity index (χ4n) is 4.65. The Morgan fingerprint density at radius 1 is 1.06 bits per heavy atom. The van der Waals surface area contributed by atoms with Crippen LogP contribution in [0, 0.1) is 18.8 Å². The van der Waals surface area contributed by atoms with Gasteiger partial charge in [-0.25, -0.2) is 0 Å². The number of ketones is 1. The molecule has 4 atom stereocenters. The lowest BCUT2D eigenvalue weighted by Crippen LogP contribution is -2.20. The van der Waals surface area contributed by atoms with Crippen LogP contribution in [0.4, 0.5) is 0 Å². The number of carbonyl (C=O) groups excluding carboxylic acids is 2. The van der Waals surface area contributed by atoms with Gasteiger partial charge in [0.1, 0.15) is 5.78 Å². The van der Waals surface area contributed by atoms with Gasteiger partial charge in [-0.15, -0.1) is 0 Å². The molecule has 1 aromatic rings. The number of benzene rings is 1. The van der Waals surface area contributed by atoms with Gasteiger partial charge in [0.15, 0.2) is 0 Å². The van der Waals surface area contributed by atoms with E-state index in [1.54, 1.807) is 0 Å². The Kier molecular flexibility index (Phi) is 13.4. The highest BCUT2D eigenvalue weighted by Gasteiger charge is 2.39. The third-order valence-electron chi connectivity index (χ3n) is 6.77. The summed E-state index contributed by atoms with van der Waals surface area (Å²) in [5.74, 6) is 0.709. The van der Waals surface area contributed by atoms with Crippen LogP contribution in [0.5, 0.6) is 0 Å². The highest BCUT2D eigenvalue weighted by molar-refractivity contribution is 7.85. The van der Waals surface area contributed by atoms with Crippen molar-refractivity contribution in [2.45, 2.75) is 95.0 Å². The molecule has 0 aromatic heterocycles. The average molecular weight is 491 g/mol. The number of Topliss-reactive ketones (excluding diaryl/α,β-unsaturated/α-hetero) is 1. The lowest BCUT2D eigenvalue weighted by atomic mass is 9.86. The SMILES string of the molecule is COC(=O)CCCCCC[C@H]1C(=O)C[C@@H](O)[C@@H]1C/C=C/CCCCCS(=O)c1ccc(C)cc1. The van der Waals surface area contributed by atoms with E-state index in [1.807, 2.05) is 31.2 Å². The number of aliphatic hydroxyl groups excluding tert-OH is 1. The van der Waals surface area contributed by atoms with E-state index in [1.165, 1.54) is 12.7 Å². The molecule has 5 nitrogen and oxygen atoms in total. The molecule has 1 aliphatic rings. The summed E-state index contributed by atoms with van der Waals surface area (Å²) in [6.07, 6.45) is 13.8. The molecule has 1 aliphatic carbocycles. The molecule has 1 fully saturated rings. The molecule has 1 N–H and O–H groups in total. The second kappa shape index (κ2) is 16.0. The van der Waals surface area contributed by atoms with Crippen LogP contribution >= 0.6 is 0 Å². The number of aliphatic hydroxyl groups is 1. The van der Waals surface area contributed by atoms with Crippen LogP contribution < -0.4 is 0 Å². The number of unbranched alkanes of at least 4 members (excludes halogenated alkanes) is 6. The van der Waals surface area contributed by atoms with E-state index in [0.29, 0.717) is 12.2 Å². The lowest BCUT2D eigenvalue weighted by Gasteiger charge is -2.19. The molecule has 0 bridgehead atoms. The summed E-state index contributed by atoms with van der Waals surface area (Å²) in [5.41, 5.74) is 1.18. The molecule has 1 aromatic carbocycles. The van der Waals surface area contributed by atoms with E-state index in [2.05, 4.69) is 16.9 Å². The maximum Gasteiger partial charge on any atom is 0.305 e. The molecule has 0 saturated heterocycles. The first-order valence-corrected chi connectivity index (χ1v) is 14.1. The maximum absolute atomic E-state index is 12.4. The Morgan fingerprint density at radius 2 is 1.76 bits per heavy atom. The Balaban J connectivity index is 1.59. The molecule has 34 heavy (non-hydrogen) atoms. The zero-order chi connectivity index (χ0) is 24.8. The topological polar surface area (TPSA) is 80.7 Å². The molecule has 2 rings (SSSR count). The second-order valence-electron chi connectivity index (χ2n) is 9.46. The van der Waals surface area contributed by atoms with Gasteiger partial charge in [0.05, 0.1) is 24.0 Å². The Morgan fingerprint density at radius 3 is 2.50 bits per heavy atom. The number of allylic oxidation sites excluding steroid dienone is 2. The molecule has 0 aliphatic heterocycles. The number of ether oxygens (including phenoxy) is 1. The van der Waals surface area contributed by atoms with Crippen LogP contribution in [0.1, 0.15) is 82.6 Å². The molecule has 0 spiro atoms. The lowest BCUT2D eigenvalue weighted by molar-refractivity contribution is -0.140. The number of hydrogen-bond donors (Lipinski definition) is 1. The number of hydrogen-bond acceptors (Lipinski definition) is 5. The van der Waals surface area contributed by atoms with Crippen molar-refractivity contribution in [1.29, 1.82) is 0 Å². The van der Waals surface area contributed by atoms with E-state index in [0.717, 1.165) is 69.1 Å². The minimum atomic E-state index is -0.920. The van der Waals surface area contributed by atoms with Gasteiger partial charge in [-0.1, -0.05) is 55.5 Å². The molecule has 190 valence electrons. The smallest absolute Gasteiger partial charge is 0.305 e. The summed E-state index contributed by atoms with van der Waals surface area (Å²) in [4.78, 5) is 24.4. The third kappa shape index (κ3) is 10.2. The van der Waals surface area contributed by atoms with Crippen LogP contribution in [0.3, 0.4) is 0 Å². The molecule has 0 radical (unpaired) electrons. The first-order valence-electron chi connectivity index (χ1n) is 12.8. The van der Waals surface area contributed by atoms with Crippen LogP contribution in [0.15, 0.2) is 41.3 Å². The summed E-state index contributed by atoms with van der Waals surface area (Å²) < 4.78 is 17.0. The number of carbonyl (C=O) groups is 2. The monoisotopic (exact) mass is 490 g/mol. The van der Waals surface area contributed by atoms with Gasteiger partial charge < -0.3 is 9.84 Å². The molecule has 0 amide bonds. The van der Waals surface area contributed by atoms with E-state index in [4.69, 9.17) is 0 Å². The van der Waals surface area contributed by atoms with Gasteiger partial charge in [0, 0.05) is 29.4 Å². The Bertz CT molecular complexity index is 802. The predicted molar refractivity (Wildman–Crippen MR) is 137 cm³/mol. The van der Waals surface area contributed by atoms with Gasteiger partial charge in [-0.05, 0) is 63.5 Å². The number of methoxy groups -OCH3 is 1. The van der Waals surface area contributed by atoms with Crippen molar-refractivity contribution in [2.24, 2.45) is 11.8 Å². The van der Waals surface area contributed by atoms with Gasteiger partial charge >= 0.3 is 5.97 Å². The first-order chi connectivity index (χ1) is 16.4. The summed E-state index contributed by atoms with van der Waals surface area (Å²) >= 11 is 0.